The molecular weight excluding hydrogens is 1870 g/mol. The molecule has 28 heteroatoms. The normalized spacial score (nSPS) is 14.4. The maximum absolute atomic E-state index is 12.8. The molecule has 7 aromatic heterocycles. The highest BCUT2D eigenvalue weighted by Crippen LogP contribution is 2.43. The monoisotopic (exact) mass is 1990 g/mol. The van der Waals surface area contributed by atoms with E-state index in [1.807, 2.05) is 224 Å². The number of fused-ring (bicyclic) bond motifs is 5. The van der Waals surface area contributed by atoms with Gasteiger partial charge in [0.05, 0.1) is 82.7 Å². The summed E-state index contributed by atoms with van der Waals surface area (Å²) in [5.41, 5.74) is 23.9. The van der Waals surface area contributed by atoms with Crippen LogP contribution in [0.1, 0.15) is 220 Å². The zero-order valence-electron chi connectivity index (χ0n) is 86.8. The van der Waals surface area contributed by atoms with Gasteiger partial charge in [-0.25, -0.2) is 59.5 Å². The molecule has 23 rings (SSSR count). The SMILES string of the molecule is CC(C)c1ccccc1-c1ncc2c(n1)N(Cc1ccc(-n3cncn3)cc1)C(=O)C2.CC(C)c1ccccc1-c1ncc2c(n1)N(Cc1ccc(CN3CCOCC3)cc1)C(=O)C2.CC(C)c1ccccc1-c1ncc2c(n1)N([C@@H](C)c1ccccc1)C(=O)C2.CC(C)c1ccccc1-c1ncc2c(n1)N([C@H](C)c1ccccc1)C(=O)C2.Cc1nc(-c2ccc(CN3C(=O)Cc4cnc(-c5ccccc5C(C)C)nc43)cc2)no1. The summed E-state index contributed by atoms with van der Waals surface area (Å²) in [6.07, 6.45) is 13.9. The van der Waals surface area contributed by atoms with Gasteiger partial charge in [-0.3, -0.25) is 53.4 Å². The van der Waals surface area contributed by atoms with Gasteiger partial charge in [-0.1, -0.05) is 317 Å². The molecule has 1 fully saturated rings. The van der Waals surface area contributed by atoms with Crippen molar-refractivity contribution in [2.24, 2.45) is 0 Å². The second-order valence-electron chi connectivity index (χ2n) is 40.0. The van der Waals surface area contributed by atoms with E-state index in [9.17, 15) is 24.0 Å². The van der Waals surface area contributed by atoms with E-state index in [2.05, 4.69) is 192 Å². The fourth-order valence-corrected chi connectivity index (χ4v) is 19.9. The Morgan fingerprint density at radius 1 is 0.307 bits per heavy atom. The quantitative estimate of drug-likeness (QED) is 0.0542. The number of carbonyl (C=O) groups is 5. The largest absolute Gasteiger partial charge is 0.379 e. The van der Waals surface area contributed by atoms with Crippen LogP contribution in [-0.2, 0) is 87.0 Å². The summed E-state index contributed by atoms with van der Waals surface area (Å²) < 4.78 is 12.2. The van der Waals surface area contributed by atoms with Gasteiger partial charge in [-0.15, -0.1) is 0 Å². The molecule has 17 aromatic rings. The number of hydrogen-bond acceptors (Lipinski definition) is 22. The molecule has 6 aliphatic heterocycles. The number of amides is 5. The lowest BCUT2D eigenvalue weighted by Crippen LogP contribution is -2.35. The smallest absolute Gasteiger partial charge is 0.233 e. The van der Waals surface area contributed by atoms with Crippen molar-refractivity contribution < 1.29 is 33.2 Å². The highest BCUT2D eigenvalue weighted by Gasteiger charge is 2.39. The molecule has 0 N–H and O–H groups in total. The second-order valence-corrected chi connectivity index (χ2v) is 40.0. The Labute approximate surface area is 874 Å². The number of nitrogens with zero attached hydrogens (tertiary/aromatic N) is 21. The number of hydrogen-bond donors (Lipinski definition) is 0. The van der Waals surface area contributed by atoms with E-state index in [0.717, 1.165) is 145 Å². The van der Waals surface area contributed by atoms with E-state index in [1.165, 1.54) is 39.7 Å². The first-order chi connectivity index (χ1) is 72.8. The van der Waals surface area contributed by atoms with Crippen LogP contribution in [-0.4, -0.2) is 135 Å². The highest BCUT2D eigenvalue weighted by molar-refractivity contribution is 6.04. The minimum absolute atomic E-state index is 0.0291. The van der Waals surface area contributed by atoms with Crippen molar-refractivity contribution in [1.82, 2.24) is 79.6 Å². The Morgan fingerprint density at radius 2 is 0.600 bits per heavy atom. The van der Waals surface area contributed by atoms with E-state index in [1.54, 1.807) is 45.0 Å². The van der Waals surface area contributed by atoms with Crippen LogP contribution in [0.15, 0.2) is 303 Å². The predicted octanol–water partition coefficient (Wildman–Crippen LogP) is 22.7. The third kappa shape index (κ3) is 22.7. The summed E-state index contributed by atoms with van der Waals surface area (Å²) in [7, 11) is 0. The molecule has 2 atom stereocenters. The number of anilines is 5. The first-order valence-electron chi connectivity index (χ1n) is 51.4. The summed E-state index contributed by atoms with van der Waals surface area (Å²) in [6.45, 7) is 33.4. The van der Waals surface area contributed by atoms with E-state index >= 15 is 0 Å². The van der Waals surface area contributed by atoms with Crippen LogP contribution in [0.2, 0.25) is 0 Å². The average Bonchev–Trinajstić information content (AvgIpc) is 1.59. The lowest BCUT2D eigenvalue weighted by molar-refractivity contribution is -0.118. The summed E-state index contributed by atoms with van der Waals surface area (Å²) in [4.78, 5) is 130. The van der Waals surface area contributed by atoms with E-state index in [-0.39, 0.29) is 41.6 Å². The topological polar surface area (TPSA) is 313 Å². The van der Waals surface area contributed by atoms with Crippen LogP contribution in [0.4, 0.5) is 29.1 Å². The molecule has 0 unspecified atom stereocenters. The first-order valence-corrected chi connectivity index (χ1v) is 51.4. The van der Waals surface area contributed by atoms with Crippen molar-refractivity contribution in [2.45, 2.75) is 190 Å². The van der Waals surface area contributed by atoms with Crippen molar-refractivity contribution in [1.29, 1.82) is 0 Å². The molecule has 0 spiro atoms. The minimum Gasteiger partial charge on any atom is -0.379 e. The Kier molecular flexibility index (Phi) is 31.0. The molecule has 28 nitrogen and oxygen atoms in total. The van der Waals surface area contributed by atoms with Crippen LogP contribution in [0.3, 0.4) is 0 Å². The highest BCUT2D eigenvalue weighted by atomic mass is 16.5. The molecule has 150 heavy (non-hydrogen) atoms. The van der Waals surface area contributed by atoms with Gasteiger partial charge in [-0.05, 0) is 117 Å². The van der Waals surface area contributed by atoms with Gasteiger partial charge in [0, 0.05) is 119 Å². The van der Waals surface area contributed by atoms with Gasteiger partial charge < -0.3 is 9.26 Å². The lowest BCUT2D eigenvalue weighted by atomic mass is 9.97. The number of ether oxygens (including phenoxy) is 1. The molecular formula is C122H121N21O7. The van der Waals surface area contributed by atoms with Crippen molar-refractivity contribution in [3.63, 3.8) is 0 Å². The standard InChI is InChI=1S/C27H30N4O2.C25H23N5O2.C24H22N6O.2C23H23N3O/c1-19(2)23-5-3-4-6-24(23)26-28-16-22-15-25(32)31(27(22)29-26)18-21-9-7-20(8-10-21)17-30-11-13-33-14-12-30;1-15(2)20-6-4-5-7-21(20)24-26-13-19-12-22(31)30(25(19)28-24)14-17-8-10-18(11-9-17)23-27-16(3)32-29-23;1-16(2)20-5-3-4-6-21(20)23-26-12-18-11-22(31)29(24(18)28-23)13-17-7-9-19(10-8-17)30-15-25-14-27-30;2*1-15(2)19-11-7-8-12-20(19)22-24-14-18-13-21(27)26(23(18)25-22)16(3)17-9-5-4-6-10-17/h3-10,16,19H,11-15,17-18H2,1-2H3;4-11,13,15H,12,14H2,1-3H3;3-10,12,14-16H,11,13H2,1-2H3;2*4-12,14-16H,13H2,1-3H3/t;;;2*16-/m...10/s1. The number of benzene rings is 10. The molecule has 0 saturated carbocycles. The number of aryl methyl sites for hydroxylation is 1. The molecule has 0 aliphatic carbocycles. The van der Waals surface area contributed by atoms with Crippen molar-refractivity contribution in [3.05, 3.63) is 393 Å². The third-order valence-electron chi connectivity index (χ3n) is 28.0. The predicted molar refractivity (Wildman–Crippen MR) is 583 cm³/mol. The molecule has 0 radical (unpaired) electrons. The van der Waals surface area contributed by atoms with Crippen LogP contribution in [0.25, 0.3) is 74.0 Å². The minimum atomic E-state index is -0.0666. The third-order valence-corrected chi connectivity index (χ3v) is 28.0. The maximum atomic E-state index is 12.8. The number of carbonyl (C=O) groups excluding carboxylic acids is 5. The van der Waals surface area contributed by atoms with Crippen LogP contribution in [0.5, 0.6) is 0 Å². The van der Waals surface area contributed by atoms with Gasteiger partial charge in [0.1, 0.15) is 41.7 Å². The Hall–Kier alpha value is -16.9. The van der Waals surface area contributed by atoms with Gasteiger partial charge in [0.2, 0.25) is 41.3 Å². The van der Waals surface area contributed by atoms with Crippen molar-refractivity contribution in [3.8, 4) is 74.0 Å². The molecule has 5 amide bonds. The zero-order chi connectivity index (χ0) is 104. The first kappa shape index (κ1) is 102. The Balaban J connectivity index is 0.000000118. The Morgan fingerprint density at radius 3 is 0.913 bits per heavy atom. The average molecular weight is 1990 g/mol. The van der Waals surface area contributed by atoms with Gasteiger partial charge >= 0.3 is 0 Å². The van der Waals surface area contributed by atoms with Crippen molar-refractivity contribution in [2.75, 3.05) is 50.8 Å². The molecule has 1 saturated heterocycles. The second kappa shape index (κ2) is 45.6. The fourth-order valence-electron chi connectivity index (χ4n) is 19.9. The van der Waals surface area contributed by atoms with E-state index in [0.29, 0.717) is 134 Å². The summed E-state index contributed by atoms with van der Waals surface area (Å²) in [6, 6.07) is 85.4. The number of morpholine rings is 1. The summed E-state index contributed by atoms with van der Waals surface area (Å²) in [5.74, 6) is 10.1. The molecule has 756 valence electrons. The summed E-state index contributed by atoms with van der Waals surface area (Å²) >= 11 is 0. The van der Waals surface area contributed by atoms with Gasteiger partial charge in [0.25, 0.3) is 0 Å². The van der Waals surface area contributed by atoms with Crippen LogP contribution in [0, 0.1) is 6.92 Å². The molecule has 0 bridgehead atoms. The molecule has 10 aromatic carbocycles. The Bertz CT molecular complexity index is 7570. The molecule has 13 heterocycles. The molecule has 6 aliphatic rings. The van der Waals surface area contributed by atoms with Crippen LogP contribution < -0.4 is 24.5 Å². The van der Waals surface area contributed by atoms with Gasteiger partial charge in [-0.2, -0.15) is 10.1 Å². The van der Waals surface area contributed by atoms with E-state index < -0.39 is 0 Å². The van der Waals surface area contributed by atoms with Crippen LogP contribution >= 0.6 is 0 Å². The van der Waals surface area contributed by atoms with Gasteiger partial charge in [0.15, 0.2) is 29.1 Å². The lowest BCUT2D eigenvalue weighted by Gasteiger charge is -2.26. The van der Waals surface area contributed by atoms with Crippen molar-refractivity contribution >= 4 is 58.6 Å². The number of aromatic nitrogens is 15. The van der Waals surface area contributed by atoms with E-state index in [4.69, 9.17) is 34.2 Å². The zero-order valence-corrected chi connectivity index (χ0v) is 86.8. The number of rotatable bonds is 24. The fraction of sp³-hybridized carbons (Fsp3) is 0.270. The maximum Gasteiger partial charge on any atom is 0.233 e. The summed E-state index contributed by atoms with van der Waals surface area (Å²) in [5, 5.41) is 8.09.